The van der Waals surface area contributed by atoms with E-state index in [0.717, 1.165) is 128 Å². The maximum absolute atomic E-state index is 12.5. The monoisotopic (exact) mass is 1860 g/mol. The second-order valence-corrected chi connectivity index (χ2v) is 31.9. The minimum atomic E-state index is -0.719. The molecule has 5 saturated heterocycles. The first kappa shape index (κ1) is 97.3. The number of hydrogen-bond acceptors (Lipinski definition) is 25. The fraction of sp³-hybridized carbons (Fsp3) is 0.250. The average Bonchev–Trinajstić information content (AvgIpc) is 1.72. The lowest BCUT2D eigenvalue weighted by Crippen LogP contribution is -2.37. The highest BCUT2D eigenvalue weighted by Gasteiger charge is 2.39. The van der Waals surface area contributed by atoms with Gasteiger partial charge in [-0.1, -0.05) is 183 Å². The Morgan fingerprint density at radius 1 is 0.489 bits per heavy atom. The Labute approximate surface area is 781 Å². The van der Waals surface area contributed by atoms with Crippen molar-refractivity contribution in [3.8, 4) is 5.75 Å². The number of unbranched alkanes of at least 4 members (excludes halogenated alkanes) is 4. The Hall–Kier alpha value is -14.8. The van der Waals surface area contributed by atoms with Crippen LogP contribution in [0.2, 0.25) is 10.3 Å². The van der Waals surface area contributed by atoms with Crippen LogP contribution in [0, 0.1) is 27.7 Å². The summed E-state index contributed by atoms with van der Waals surface area (Å²) >= 11 is 17.4. The van der Waals surface area contributed by atoms with E-state index in [0.29, 0.717) is 60.4 Å². The van der Waals surface area contributed by atoms with Gasteiger partial charge in [-0.2, -0.15) is 0 Å². The van der Waals surface area contributed by atoms with Gasteiger partial charge >= 0.3 is 29.9 Å². The number of hydrogen-bond donors (Lipinski definition) is 0. The van der Waals surface area contributed by atoms with Gasteiger partial charge in [-0.25, -0.2) is 53.4 Å². The highest BCUT2D eigenvalue weighted by Crippen LogP contribution is 2.33. The van der Waals surface area contributed by atoms with Crippen LogP contribution in [0.15, 0.2) is 218 Å². The van der Waals surface area contributed by atoms with Gasteiger partial charge in [0.1, 0.15) is 22.6 Å². The lowest BCUT2D eigenvalue weighted by molar-refractivity contribution is -0.147. The summed E-state index contributed by atoms with van der Waals surface area (Å²) in [6.45, 7) is 18.1. The van der Waals surface area contributed by atoms with Gasteiger partial charge in [-0.15, -0.1) is 0 Å². The molecule has 0 aliphatic carbocycles. The van der Waals surface area contributed by atoms with Gasteiger partial charge in [-0.3, -0.25) is 38.6 Å². The number of rotatable bonds is 20. The Bertz CT molecular complexity index is 6830. The number of aliphatic imine (C=N–C) groups is 1. The smallest absolute Gasteiger partial charge is 0.422 e. The molecule has 6 aliphatic heterocycles. The van der Waals surface area contributed by atoms with Crippen LogP contribution >= 0.6 is 35.4 Å². The van der Waals surface area contributed by atoms with Crippen LogP contribution in [0.25, 0.3) is 79.8 Å². The van der Waals surface area contributed by atoms with Crippen LogP contribution in [0.4, 0.5) is 20.1 Å². The molecule has 0 saturated carbocycles. The van der Waals surface area contributed by atoms with Crippen molar-refractivity contribution in [3.05, 3.63) is 286 Å². The first-order chi connectivity index (χ1) is 63.9. The second kappa shape index (κ2) is 44.7. The first-order valence-corrected chi connectivity index (χ1v) is 43.8. The van der Waals surface area contributed by atoms with E-state index in [4.69, 9.17) is 73.0 Å². The number of amidine groups is 1. The molecule has 686 valence electrons. The number of likely N-dealkylation sites (N-methyl/N-ethyl adjacent to an activating group) is 3. The number of amides is 8. The van der Waals surface area contributed by atoms with Crippen molar-refractivity contribution in [3.63, 3.8) is 0 Å². The fourth-order valence-corrected chi connectivity index (χ4v) is 15.1. The molecule has 8 aromatic carbocycles. The minimum absolute atomic E-state index is 0.0115. The van der Waals surface area contributed by atoms with E-state index < -0.39 is 47.5 Å². The molecule has 0 radical (unpaired) electrons. The maximum Gasteiger partial charge on any atom is 0.422 e. The highest BCUT2D eigenvalue weighted by atomic mass is 35.5. The number of nitrogens with zero attached hydrogens (tertiary/aromatic N) is 11. The number of fused-ring (bicyclic) bond motifs is 5. The van der Waals surface area contributed by atoms with E-state index in [2.05, 4.69) is 56.7 Å². The van der Waals surface area contributed by atoms with Crippen molar-refractivity contribution in [2.45, 2.75) is 94.0 Å². The van der Waals surface area contributed by atoms with Gasteiger partial charge in [0.2, 0.25) is 0 Å². The molecule has 11 aromatic rings. The van der Waals surface area contributed by atoms with Crippen LogP contribution in [0.5, 0.6) is 5.75 Å². The SMILES string of the molecule is CCCCCCCN1C(=O)O/C(=C/c2cc3ccccc3nc2Cl)C1=O.CCN1C(=O)/C(=C\c2ccc(C)c3ccccc23)OC1=S.CCN=C1O/C(=C/c2ccc(N(C)C)c(C)c2)C(=O)N1CC.COCCN1C(=O)O/C(=C/c2cc3ccccc3nc2Cl)C1=O.COc1cc(C)ccc1/C=c1/oc2n(c1=O)CC(=O)ON=2.Cc1ccc(/C=C2/OC(=O)N(C)C2=O)c2ccccc12. The van der Waals surface area contributed by atoms with Crippen molar-refractivity contribution in [1.29, 1.82) is 0 Å². The maximum atomic E-state index is 12.5. The summed E-state index contributed by atoms with van der Waals surface area (Å²) < 4.78 is 42.8. The number of methoxy groups -OCH3 is 2. The largest absolute Gasteiger partial charge is 0.496 e. The molecule has 6 aliphatic rings. The molecule has 17 rings (SSSR count). The molecule has 0 bridgehead atoms. The minimum Gasteiger partial charge on any atom is -0.496 e. The lowest BCUT2D eigenvalue weighted by Gasteiger charge is -2.15. The molecule has 5 fully saturated rings. The molecule has 3 aromatic heterocycles. The number of ether oxygens (including phenoxy) is 7. The number of aromatic nitrogens is 3. The Kier molecular flexibility index (Phi) is 32.7. The topological polar surface area (TPSA) is 333 Å². The zero-order valence-corrected chi connectivity index (χ0v) is 77.8. The van der Waals surface area contributed by atoms with Crippen molar-refractivity contribution < 1.29 is 85.6 Å². The van der Waals surface area contributed by atoms with Crippen LogP contribution in [0.3, 0.4) is 0 Å². The summed E-state index contributed by atoms with van der Waals surface area (Å²) in [7, 11) is 8.46. The fourth-order valence-electron chi connectivity index (χ4n) is 14.4. The van der Waals surface area contributed by atoms with E-state index in [9.17, 15) is 47.9 Å². The molecule has 0 spiro atoms. The van der Waals surface area contributed by atoms with E-state index in [1.54, 1.807) is 42.4 Å². The number of anilines is 1. The van der Waals surface area contributed by atoms with E-state index in [-0.39, 0.29) is 81.1 Å². The molecule has 33 heteroatoms. The van der Waals surface area contributed by atoms with Gasteiger partial charge in [0.05, 0.1) is 31.3 Å². The number of carbonyl (C=O) groups is 9. The van der Waals surface area contributed by atoms with Crippen molar-refractivity contribution in [2.75, 3.05) is 79.6 Å². The van der Waals surface area contributed by atoms with Gasteiger partial charge in [0.15, 0.2) is 34.2 Å². The summed E-state index contributed by atoms with van der Waals surface area (Å²) in [6.07, 6.45) is 12.8. The average molecular weight is 1860 g/mol. The third-order valence-corrected chi connectivity index (χ3v) is 22.3. The second-order valence-electron chi connectivity index (χ2n) is 30.8. The van der Waals surface area contributed by atoms with Crippen LogP contribution in [-0.2, 0) is 68.6 Å². The molecule has 0 unspecified atom stereocenters. The van der Waals surface area contributed by atoms with E-state index in [1.807, 2.05) is 206 Å². The van der Waals surface area contributed by atoms with Crippen molar-refractivity contribution >= 4 is 186 Å². The lowest BCUT2D eigenvalue weighted by atomic mass is 10.00. The quantitative estimate of drug-likeness (QED) is 0.0171. The molecule has 0 atom stereocenters. The van der Waals surface area contributed by atoms with Gasteiger partial charge in [-0.05, 0) is 212 Å². The molecule has 0 N–H and O–H groups in total. The standard InChI is InChI=1S/C20H21ClN2O3.C17H23N3O2.C17H15NO2S.C16H13ClN2O4.C16H13NO3.C14H12N2O5/c1-2-3-4-5-8-11-23-19(24)17(26-20(23)25)13-15-12-14-9-6-7-10-16(14)22-18(15)21;1-6-18-17-20(7-2)16(21)15(22-17)11-13-8-9-14(19(4)5)12(3)10-13;1-3-18-16(19)15(20-17(18)21)10-12-9-8-11(2)13-6-4-5-7-14(12)13;1-22-7-6-19-15(20)13(23-16(19)21)9-11-8-10-4-2-3-5-12(10)18-14(11)17;1-10-7-8-11(13-6-4-3-5-12(10)13)9-14-15(18)17(2)16(19)20-14;1-8-3-4-9(10(5-8)19-2)6-11-13(18)16-7-12(17)21-15-14(16)20-11/h6-7,9-10,12-13H,2-5,8,11H2,1H3;8-11H,6-7H2,1-5H3;4-10H,3H2,1-2H3;2-5,8-9H,6-7H2,1H3;3-9H,1-2H3;3-6H,7H2,1-2H3/b17-13+;15-11+,18-17?;15-10+;13-9+;14-9+;11-6+. The number of benzene rings is 8. The number of thiocarbonyl (C=S) groups is 1. The predicted octanol–water partition coefficient (Wildman–Crippen LogP) is 17.1. The summed E-state index contributed by atoms with van der Waals surface area (Å²) in [6, 6.07) is 54.7. The molecular formula is C100H97Cl2N11O19S. The molecular weight excluding hydrogens is 1760 g/mol. The van der Waals surface area contributed by atoms with Crippen LogP contribution in [-0.4, -0.2) is 179 Å². The Morgan fingerprint density at radius 3 is 1.50 bits per heavy atom. The number of carbonyl (C=O) groups excluding carboxylic acids is 9. The number of para-hydroxylation sites is 2. The van der Waals surface area contributed by atoms with E-state index >= 15 is 0 Å². The zero-order chi connectivity index (χ0) is 95.4. The van der Waals surface area contributed by atoms with Crippen LogP contribution < -0.4 is 26.3 Å². The van der Waals surface area contributed by atoms with Crippen LogP contribution in [0.1, 0.15) is 115 Å². The number of oxazole rings is 1. The zero-order valence-electron chi connectivity index (χ0n) is 75.5. The third-order valence-electron chi connectivity index (χ3n) is 21.4. The summed E-state index contributed by atoms with van der Waals surface area (Å²) in [5.41, 5.74) is 11.3. The summed E-state index contributed by atoms with van der Waals surface area (Å²) in [5.74, 6) is -1.06. The molecule has 133 heavy (non-hydrogen) atoms. The van der Waals surface area contributed by atoms with E-state index in [1.165, 1.54) is 42.2 Å². The normalized spacial score (nSPS) is 16.5. The van der Waals surface area contributed by atoms with Gasteiger partial charge < -0.3 is 47.3 Å². The molecule has 8 amide bonds. The highest BCUT2D eigenvalue weighted by molar-refractivity contribution is 7.80. The number of pyridine rings is 2. The molecule has 30 nitrogen and oxygen atoms in total. The number of imide groups is 3. The van der Waals surface area contributed by atoms with Gasteiger partial charge in [0, 0.05) is 87.6 Å². The third kappa shape index (κ3) is 23.3. The Balaban J connectivity index is 0.000000144. The molecule has 9 heterocycles. The summed E-state index contributed by atoms with van der Waals surface area (Å²) in [4.78, 5) is 145. The Morgan fingerprint density at radius 2 is 0.985 bits per heavy atom. The first-order valence-electron chi connectivity index (χ1n) is 42.7. The number of cyclic esters (lactones) is 3. The van der Waals surface area contributed by atoms with Crippen molar-refractivity contribution in [1.82, 2.24) is 39.0 Å². The van der Waals surface area contributed by atoms with Crippen molar-refractivity contribution in [2.24, 2.45) is 10.1 Å². The van der Waals surface area contributed by atoms with Gasteiger partial charge in [0.25, 0.3) is 46.3 Å². The predicted molar refractivity (Wildman–Crippen MR) is 511 cm³/mol. The number of aryl methyl sites for hydroxylation is 4. The summed E-state index contributed by atoms with van der Waals surface area (Å²) in [5, 5.41) is 10.4. The number of halogens is 2.